The maximum Gasteiger partial charge on any atom is 0.176 e. The van der Waals surface area contributed by atoms with Gasteiger partial charge in [-0.25, -0.2) is 4.98 Å². The smallest absolute Gasteiger partial charge is 0.176 e. The van der Waals surface area contributed by atoms with Gasteiger partial charge < -0.3 is 24.1 Å². The molecule has 0 unspecified atom stereocenters. The molecule has 1 aliphatic heterocycles. The molecule has 0 radical (unpaired) electrons. The molecule has 0 atom stereocenters. The summed E-state index contributed by atoms with van der Waals surface area (Å²) in [5.74, 6) is 1.73. The number of furan rings is 1. The second-order valence-corrected chi connectivity index (χ2v) is 7.04. The van der Waals surface area contributed by atoms with Crippen LogP contribution < -0.4 is 9.64 Å². The first-order valence-corrected chi connectivity index (χ1v) is 9.98. The Bertz CT molecular complexity index is 899. The molecule has 1 fully saturated rings. The summed E-state index contributed by atoms with van der Waals surface area (Å²) in [5, 5.41) is 9.94. The van der Waals surface area contributed by atoms with E-state index in [1.807, 2.05) is 30.3 Å². The molecule has 6 nitrogen and oxygen atoms in total. The number of fused-ring (bicyclic) bond motifs is 1. The van der Waals surface area contributed by atoms with Crippen molar-refractivity contribution in [2.24, 2.45) is 0 Å². The van der Waals surface area contributed by atoms with Gasteiger partial charge in [0.1, 0.15) is 5.75 Å². The van der Waals surface area contributed by atoms with Crippen LogP contribution in [0.3, 0.4) is 0 Å². The number of hydrogen-bond donors (Lipinski definition) is 1. The molecule has 6 heteroatoms. The molecule has 0 bridgehead atoms. The molecular formula is C22H27N3O3. The SMILES string of the molecule is CCN1CCN(c2nc(-c3ccc(OCCCO)cc3)cc3ccoc23)CC1. The molecular weight excluding hydrogens is 354 g/mol. The highest BCUT2D eigenvalue weighted by Crippen LogP contribution is 2.32. The highest BCUT2D eigenvalue weighted by Gasteiger charge is 2.21. The normalized spacial score (nSPS) is 15.3. The Morgan fingerprint density at radius 1 is 1.11 bits per heavy atom. The number of hydrogen-bond acceptors (Lipinski definition) is 6. The molecule has 2 aromatic heterocycles. The van der Waals surface area contributed by atoms with Gasteiger partial charge >= 0.3 is 0 Å². The standard InChI is InChI=1S/C22H27N3O3/c1-2-24-9-11-25(12-10-24)22-21-18(8-15-28-21)16-20(23-22)17-4-6-19(7-5-17)27-14-3-13-26/h4-8,15-16,26H,2-3,9-14H2,1H3. The lowest BCUT2D eigenvalue weighted by molar-refractivity contribution is 0.233. The van der Waals surface area contributed by atoms with E-state index in [1.54, 1.807) is 6.26 Å². The van der Waals surface area contributed by atoms with Crippen LogP contribution in [0.2, 0.25) is 0 Å². The van der Waals surface area contributed by atoms with Gasteiger partial charge in [-0.3, -0.25) is 0 Å². The summed E-state index contributed by atoms with van der Waals surface area (Å²) in [5.41, 5.74) is 2.84. The van der Waals surface area contributed by atoms with Crippen LogP contribution in [0.15, 0.2) is 47.1 Å². The molecule has 3 heterocycles. The molecule has 1 aliphatic rings. The van der Waals surface area contributed by atoms with Crippen LogP contribution in [0.1, 0.15) is 13.3 Å². The van der Waals surface area contributed by atoms with Crippen molar-refractivity contribution in [1.82, 2.24) is 9.88 Å². The van der Waals surface area contributed by atoms with E-state index in [9.17, 15) is 0 Å². The number of piperazine rings is 1. The minimum absolute atomic E-state index is 0.141. The van der Waals surface area contributed by atoms with Crippen LogP contribution in [0, 0.1) is 0 Å². The van der Waals surface area contributed by atoms with Crippen LogP contribution in [0.5, 0.6) is 5.75 Å². The molecule has 28 heavy (non-hydrogen) atoms. The number of aliphatic hydroxyl groups excluding tert-OH is 1. The van der Waals surface area contributed by atoms with Gasteiger partial charge in [-0.05, 0) is 42.9 Å². The molecule has 0 amide bonds. The third kappa shape index (κ3) is 3.98. The Morgan fingerprint density at radius 2 is 1.89 bits per heavy atom. The summed E-state index contributed by atoms with van der Waals surface area (Å²) >= 11 is 0. The minimum Gasteiger partial charge on any atom is -0.494 e. The number of aromatic nitrogens is 1. The van der Waals surface area contributed by atoms with Crippen molar-refractivity contribution in [2.45, 2.75) is 13.3 Å². The molecule has 0 aliphatic carbocycles. The Hall–Kier alpha value is -2.57. The highest BCUT2D eigenvalue weighted by molar-refractivity contribution is 5.90. The third-order valence-electron chi connectivity index (χ3n) is 5.26. The van der Waals surface area contributed by atoms with E-state index in [0.717, 1.165) is 66.5 Å². The fourth-order valence-corrected chi connectivity index (χ4v) is 3.57. The zero-order valence-corrected chi connectivity index (χ0v) is 16.3. The maximum atomic E-state index is 8.87. The topological polar surface area (TPSA) is 62.0 Å². The summed E-state index contributed by atoms with van der Waals surface area (Å²) in [7, 11) is 0. The molecule has 1 saturated heterocycles. The molecule has 3 aromatic rings. The first-order chi connectivity index (χ1) is 13.8. The van der Waals surface area contributed by atoms with Crippen LogP contribution in [-0.2, 0) is 0 Å². The summed E-state index contributed by atoms with van der Waals surface area (Å²) in [6.45, 7) is 7.95. The van der Waals surface area contributed by atoms with E-state index in [4.69, 9.17) is 19.2 Å². The summed E-state index contributed by atoms with van der Waals surface area (Å²) < 4.78 is 11.4. The molecule has 0 spiro atoms. The van der Waals surface area contributed by atoms with Gasteiger partial charge in [0, 0.05) is 50.2 Å². The van der Waals surface area contributed by atoms with Crippen LogP contribution in [0.25, 0.3) is 22.2 Å². The number of anilines is 1. The van der Waals surface area contributed by atoms with Crippen molar-refractivity contribution >= 4 is 16.8 Å². The van der Waals surface area contributed by atoms with E-state index in [0.29, 0.717) is 13.0 Å². The molecule has 1 N–H and O–H groups in total. The second-order valence-electron chi connectivity index (χ2n) is 7.04. The Kier molecular flexibility index (Phi) is 5.78. The van der Waals surface area contributed by atoms with Gasteiger partial charge in [0.2, 0.25) is 0 Å². The second kappa shape index (κ2) is 8.63. The van der Waals surface area contributed by atoms with Crippen molar-refractivity contribution < 1.29 is 14.3 Å². The largest absolute Gasteiger partial charge is 0.494 e. The lowest BCUT2D eigenvalue weighted by Gasteiger charge is -2.34. The van der Waals surface area contributed by atoms with E-state index >= 15 is 0 Å². The number of ether oxygens (including phenoxy) is 1. The summed E-state index contributed by atoms with van der Waals surface area (Å²) in [6, 6.07) is 12.0. The third-order valence-corrected chi connectivity index (χ3v) is 5.26. The van der Waals surface area contributed by atoms with Gasteiger partial charge in [0.15, 0.2) is 11.4 Å². The van der Waals surface area contributed by atoms with Gasteiger partial charge in [0.25, 0.3) is 0 Å². The summed E-state index contributed by atoms with van der Waals surface area (Å²) in [6.07, 6.45) is 2.37. The first kappa shape index (κ1) is 18.8. The zero-order valence-electron chi connectivity index (χ0n) is 16.3. The minimum atomic E-state index is 0.141. The van der Waals surface area contributed by atoms with Crippen LogP contribution in [0.4, 0.5) is 5.82 Å². The number of rotatable bonds is 7. The number of pyridine rings is 1. The average Bonchev–Trinajstić information content (AvgIpc) is 3.23. The van der Waals surface area contributed by atoms with Crippen molar-refractivity contribution in [2.75, 3.05) is 50.8 Å². The zero-order chi connectivity index (χ0) is 19.3. The maximum absolute atomic E-state index is 8.87. The molecule has 1 aromatic carbocycles. The summed E-state index contributed by atoms with van der Waals surface area (Å²) in [4.78, 5) is 9.74. The highest BCUT2D eigenvalue weighted by atomic mass is 16.5. The average molecular weight is 381 g/mol. The van der Waals surface area contributed by atoms with Gasteiger partial charge in [0.05, 0.1) is 18.6 Å². The van der Waals surface area contributed by atoms with Gasteiger partial charge in [-0.1, -0.05) is 6.92 Å². The monoisotopic (exact) mass is 381 g/mol. The van der Waals surface area contributed by atoms with Crippen molar-refractivity contribution in [3.05, 3.63) is 42.7 Å². The lowest BCUT2D eigenvalue weighted by Crippen LogP contribution is -2.46. The fraction of sp³-hybridized carbons (Fsp3) is 0.409. The quantitative estimate of drug-likeness (QED) is 0.633. The molecule has 148 valence electrons. The van der Waals surface area contributed by atoms with Crippen molar-refractivity contribution in [3.63, 3.8) is 0 Å². The van der Waals surface area contributed by atoms with Crippen molar-refractivity contribution in [1.29, 1.82) is 0 Å². The van der Waals surface area contributed by atoms with Crippen molar-refractivity contribution in [3.8, 4) is 17.0 Å². The van der Waals surface area contributed by atoms with E-state index in [1.165, 1.54) is 0 Å². The van der Waals surface area contributed by atoms with Crippen LogP contribution in [-0.4, -0.2) is 60.9 Å². The number of aliphatic hydroxyl groups is 1. The van der Waals surface area contributed by atoms with E-state index in [2.05, 4.69) is 22.8 Å². The van der Waals surface area contributed by atoms with E-state index in [-0.39, 0.29) is 6.61 Å². The van der Waals surface area contributed by atoms with Gasteiger partial charge in [-0.2, -0.15) is 0 Å². The predicted molar refractivity (Wildman–Crippen MR) is 111 cm³/mol. The Morgan fingerprint density at radius 3 is 2.61 bits per heavy atom. The number of benzene rings is 1. The predicted octanol–water partition coefficient (Wildman–Crippen LogP) is 3.40. The first-order valence-electron chi connectivity index (χ1n) is 9.98. The molecule has 4 rings (SSSR count). The lowest BCUT2D eigenvalue weighted by atomic mass is 10.1. The Balaban J connectivity index is 1.60. The number of nitrogens with zero attached hydrogens (tertiary/aromatic N) is 3. The fourth-order valence-electron chi connectivity index (χ4n) is 3.57. The van der Waals surface area contributed by atoms with Gasteiger partial charge in [-0.15, -0.1) is 0 Å². The van der Waals surface area contributed by atoms with Crippen LogP contribution >= 0.6 is 0 Å². The molecule has 0 saturated carbocycles. The Labute approximate surface area is 165 Å². The number of likely N-dealkylation sites (N-methyl/N-ethyl adjacent to an activating group) is 1. The van der Waals surface area contributed by atoms with E-state index < -0.39 is 0 Å².